The van der Waals surface area contributed by atoms with Crippen molar-refractivity contribution in [3.8, 4) is 11.6 Å². The van der Waals surface area contributed by atoms with E-state index in [0.717, 1.165) is 5.56 Å². The Balaban J connectivity index is 1.42. The van der Waals surface area contributed by atoms with Gasteiger partial charge in [0.25, 0.3) is 0 Å². The van der Waals surface area contributed by atoms with Crippen molar-refractivity contribution in [2.24, 2.45) is 5.41 Å². The summed E-state index contributed by atoms with van der Waals surface area (Å²) in [5.41, 5.74) is 7.34. The average Bonchev–Trinajstić information content (AvgIpc) is 3.53. The van der Waals surface area contributed by atoms with Crippen LogP contribution < -0.4 is 20.7 Å². The summed E-state index contributed by atoms with van der Waals surface area (Å²) in [4.78, 5) is 21.5. The van der Waals surface area contributed by atoms with Gasteiger partial charge in [0.1, 0.15) is 11.9 Å². The first-order chi connectivity index (χ1) is 19.0. The first kappa shape index (κ1) is 27.7. The quantitative estimate of drug-likeness (QED) is 0.395. The second-order valence-electron chi connectivity index (χ2n) is 10.6. The van der Waals surface area contributed by atoms with Gasteiger partial charge in [-0.25, -0.2) is 4.68 Å². The minimum Gasteiger partial charge on any atom is -0.480 e. The Hall–Kier alpha value is -3.87. The van der Waals surface area contributed by atoms with E-state index in [0.29, 0.717) is 56.8 Å². The van der Waals surface area contributed by atoms with Crippen LogP contribution in [0.25, 0.3) is 5.69 Å². The fourth-order valence-electron chi connectivity index (χ4n) is 5.55. The number of alkyl halides is 3. The molecule has 2 aromatic heterocycles. The third-order valence-corrected chi connectivity index (χ3v) is 7.80. The predicted molar refractivity (Wildman–Crippen MR) is 141 cm³/mol. The number of carbonyl (C=O) groups is 1. The van der Waals surface area contributed by atoms with E-state index in [1.807, 2.05) is 11.8 Å². The third-order valence-electron chi connectivity index (χ3n) is 7.80. The van der Waals surface area contributed by atoms with Gasteiger partial charge in [-0.1, -0.05) is 13.0 Å². The molecule has 2 saturated heterocycles. The second-order valence-corrected chi connectivity index (χ2v) is 10.6. The van der Waals surface area contributed by atoms with Gasteiger partial charge in [-0.3, -0.25) is 4.79 Å². The lowest BCUT2D eigenvalue weighted by Crippen LogP contribution is -2.41. The van der Waals surface area contributed by atoms with E-state index in [-0.39, 0.29) is 28.5 Å². The molecule has 13 heteroatoms. The summed E-state index contributed by atoms with van der Waals surface area (Å²) in [6, 6.07) is 7.39. The molecule has 0 aliphatic carbocycles. The zero-order valence-electron chi connectivity index (χ0n) is 22.3. The molecule has 214 valence electrons. The van der Waals surface area contributed by atoms with E-state index in [9.17, 15) is 23.1 Å². The molecule has 2 fully saturated rings. The van der Waals surface area contributed by atoms with E-state index in [2.05, 4.69) is 20.4 Å². The highest BCUT2D eigenvalue weighted by atomic mass is 19.4. The van der Waals surface area contributed by atoms with Crippen molar-refractivity contribution in [2.75, 3.05) is 30.3 Å². The maximum atomic E-state index is 14.6. The van der Waals surface area contributed by atoms with Gasteiger partial charge in [-0.05, 0) is 61.8 Å². The number of piperidine rings is 1. The molecule has 1 aromatic carbocycles. The first-order valence-electron chi connectivity index (χ1n) is 13.2. The summed E-state index contributed by atoms with van der Waals surface area (Å²) in [5, 5.41) is 16.7. The van der Waals surface area contributed by atoms with Crippen LogP contribution in [0.3, 0.4) is 0 Å². The van der Waals surface area contributed by atoms with Crippen LogP contribution >= 0.6 is 0 Å². The number of hydrogen-bond acceptors (Lipinski definition) is 8. The molecule has 5 rings (SSSR count). The second kappa shape index (κ2) is 10.6. The zero-order chi connectivity index (χ0) is 28.7. The fourth-order valence-corrected chi connectivity index (χ4v) is 5.55. The van der Waals surface area contributed by atoms with Crippen LogP contribution in [-0.4, -0.2) is 62.7 Å². The number of aryl methyl sites for hydroxylation is 2. The molecule has 2 aliphatic heterocycles. The van der Waals surface area contributed by atoms with Crippen molar-refractivity contribution in [2.45, 2.75) is 57.9 Å². The topological polar surface area (TPSA) is 131 Å². The number of nitrogen functional groups attached to an aromatic ring is 1. The number of nitrogens with one attached hydrogen (secondary N) is 1. The highest BCUT2D eigenvalue weighted by molar-refractivity contribution is 5.74. The summed E-state index contributed by atoms with van der Waals surface area (Å²) < 4.78 is 50.6. The van der Waals surface area contributed by atoms with Crippen molar-refractivity contribution in [3.05, 3.63) is 53.3 Å². The van der Waals surface area contributed by atoms with Crippen LogP contribution in [0.5, 0.6) is 5.88 Å². The summed E-state index contributed by atoms with van der Waals surface area (Å²) in [6.45, 7) is 5.34. The Morgan fingerprint density at radius 3 is 2.60 bits per heavy atom. The highest BCUT2D eigenvalue weighted by Gasteiger charge is 2.46. The number of nitrogens with zero attached hydrogens (tertiary/aromatic N) is 5. The van der Waals surface area contributed by atoms with Crippen LogP contribution in [0.4, 0.5) is 24.9 Å². The van der Waals surface area contributed by atoms with Crippen molar-refractivity contribution in [3.63, 3.8) is 0 Å². The number of ether oxygens (including phenoxy) is 1. The van der Waals surface area contributed by atoms with Gasteiger partial charge in [-0.2, -0.15) is 28.2 Å². The van der Waals surface area contributed by atoms with E-state index in [1.54, 1.807) is 31.3 Å². The lowest BCUT2D eigenvalue weighted by molar-refractivity contribution is -0.198. The Morgan fingerprint density at radius 1 is 1.25 bits per heavy atom. The van der Waals surface area contributed by atoms with Gasteiger partial charge in [-0.15, -0.1) is 0 Å². The molecule has 10 nitrogen and oxygen atoms in total. The lowest BCUT2D eigenvalue weighted by Gasteiger charge is -2.39. The minimum absolute atomic E-state index is 0.0877. The zero-order valence-corrected chi connectivity index (χ0v) is 22.3. The number of benzene rings is 1. The van der Waals surface area contributed by atoms with Crippen molar-refractivity contribution in [1.29, 1.82) is 0 Å². The molecule has 1 unspecified atom stereocenters. The van der Waals surface area contributed by atoms with E-state index >= 15 is 0 Å². The van der Waals surface area contributed by atoms with Gasteiger partial charge < -0.3 is 25.8 Å². The van der Waals surface area contributed by atoms with E-state index in [1.165, 1.54) is 16.8 Å². The van der Waals surface area contributed by atoms with Crippen LogP contribution in [0, 0.1) is 12.3 Å². The molecule has 1 spiro atoms. The number of halogens is 3. The predicted octanol–water partition coefficient (Wildman–Crippen LogP) is 3.83. The first-order valence-corrected chi connectivity index (χ1v) is 13.2. The molecule has 40 heavy (non-hydrogen) atoms. The molecule has 0 amide bonds. The smallest absolute Gasteiger partial charge is 0.429 e. The molecular weight excluding hydrogens is 527 g/mol. The van der Waals surface area contributed by atoms with Crippen LogP contribution in [0.15, 0.2) is 36.5 Å². The largest absolute Gasteiger partial charge is 0.480 e. The molecule has 3 aromatic rings. The van der Waals surface area contributed by atoms with Gasteiger partial charge in [0.05, 0.1) is 11.4 Å². The number of nitrogens with two attached hydrogens (primary N) is 1. The van der Waals surface area contributed by atoms with Gasteiger partial charge >= 0.3 is 12.1 Å². The summed E-state index contributed by atoms with van der Waals surface area (Å²) >= 11 is 0. The van der Waals surface area contributed by atoms with Crippen molar-refractivity contribution in [1.82, 2.24) is 25.1 Å². The molecule has 2 atom stereocenters. The maximum absolute atomic E-state index is 14.6. The molecular formula is C27H32F3N7O3. The molecule has 4 N–H and O–H groups in total. The number of carboxylic acid groups (broad SMARTS) is 1. The molecule has 2 aliphatic rings. The highest BCUT2D eigenvalue weighted by Crippen LogP contribution is 2.42. The number of aliphatic carboxylic acids is 1. The summed E-state index contributed by atoms with van der Waals surface area (Å²) in [6.07, 6.45) is -2.98. The SMILES string of the molecule is CCc1ccc(-n2ccc(C)n2)c([C@@H](Oc2cc(N3CCC4(CC3)CNC(C(=O)O)C4)nc(N)n2)C(F)(F)F)c1. The Kier molecular flexibility index (Phi) is 7.34. The minimum atomic E-state index is -4.77. The monoisotopic (exact) mass is 559 g/mol. The number of aromatic nitrogens is 4. The van der Waals surface area contributed by atoms with Crippen LogP contribution in [-0.2, 0) is 11.2 Å². The number of hydrogen-bond donors (Lipinski definition) is 3. The van der Waals surface area contributed by atoms with Crippen LogP contribution in [0.2, 0.25) is 0 Å². The summed E-state index contributed by atoms with van der Waals surface area (Å²) in [5.74, 6) is -0.987. The number of anilines is 2. The lowest BCUT2D eigenvalue weighted by atomic mass is 9.76. The molecule has 0 bridgehead atoms. The summed E-state index contributed by atoms with van der Waals surface area (Å²) in [7, 11) is 0. The van der Waals surface area contributed by atoms with E-state index < -0.39 is 24.3 Å². The van der Waals surface area contributed by atoms with Gasteiger partial charge in [0, 0.05) is 37.5 Å². The van der Waals surface area contributed by atoms with Gasteiger partial charge in [0.15, 0.2) is 0 Å². The molecule has 0 radical (unpaired) electrons. The standard InChI is InChI=1S/C27H32F3N7O3/c1-3-17-4-5-20(37-9-6-16(2)35-37)18(12-17)23(27(28,29)30)40-22-13-21(33-25(31)34-22)36-10-7-26(8-11-36)14-19(24(38)39)32-15-26/h4-6,9,12-13,19,23,32H,3,7-8,10-11,14-15H2,1-2H3,(H,38,39)(H2,31,33,34)/t19?,23-/m1/s1. The Labute approximate surface area is 229 Å². The molecule has 0 saturated carbocycles. The fraction of sp³-hybridized carbons (Fsp3) is 0.481. The Bertz CT molecular complexity index is 1390. The van der Waals surface area contributed by atoms with Crippen molar-refractivity contribution >= 4 is 17.7 Å². The average molecular weight is 560 g/mol. The number of rotatable bonds is 7. The normalized spacial score (nSPS) is 19.6. The third kappa shape index (κ3) is 5.69. The van der Waals surface area contributed by atoms with E-state index in [4.69, 9.17) is 10.5 Å². The maximum Gasteiger partial charge on any atom is 0.429 e. The van der Waals surface area contributed by atoms with Crippen LogP contribution in [0.1, 0.15) is 49.1 Å². The van der Waals surface area contributed by atoms with Crippen molar-refractivity contribution < 1.29 is 27.8 Å². The Morgan fingerprint density at radius 2 is 2.00 bits per heavy atom. The number of carboxylic acids is 1. The molecule has 4 heterocycles. The van der Waals surface area contributed by atoms with Gasteiger partial charge in [0.2, 0.25) is 17.9 Å².